The minimum atomic E-state index is -0.0550. The molecule has 0 aliphatic carbocycles. The van der Waals surface area contributed by atoms with Gasteiger partial charge in [0.05, 0.1) is 18.7 Å². The van der Waals surface area contributed by atoms with Crippen molar-refractivity contribution in [1.82, 2.24) is 20.0 Å². The van der Waals surface area contributed by atoms with Crippen molar-refractivity contribution in [3.63, 3.8) is 0 Å². The number of hydrogen-bond donors (Lipinski definition) is 1. The SMILES string of the molecule is CCNC(=NCCCc1cnn(C)c1)N1CCC(C(=O)OCC)CC1.I. The molecule has 148 valence electrons. The molecule has 0 spiro atoms. The fourth-order valence-electron chi connectivity index (χ4n) is 3.08. The van der Waals surface area contributed by atoms with Crippen LogP contribution in [0.3, 0.4) is 0 Å². The standard InChI is InChI=1S/C18H31N5O2.HI/c1-4-19-18(20-10-6-7-15-13-21-22(3)14-15)23-11-8-16(9-12-23)17(24)25-5-2;/h13-14,16H,4-12H2,1-3H3,(H,19,20);1H. The molecule has 8 heteroatoms. The molecule has 0 atom stereocenters. The summed E-state index contributed by atoms with van der Waals surface area (Å²) in [6, 6.07) is 0. The maximum absolute atomic E-state index is 11.9. The predicted octanol–water partition coefficient (Wildman–Crippen LogP) is 2.21. The molecule has 0 saturated carbocycles. The predicted molar refractivity (Wildman–Crippen MR) is 114 cm³/mol. The third kappa shape index (κ3) is 7.13. The van der Waals surface area contributed by atoms with Gasteiger partial charge in [0.25, 0.3) is 0 Å². The van der Waals surface area contributed by atoms with Gasteiger partial charge in [-0.25, -0.2) is 0 Å². The molecule has 1 fully saturated rings. The summed E-state index contributed by atoms with van der Waals surface area (Å²) in [6.07, 6.45) is 7.61. The topological polar surface area (TPSA) is 71.8 Å². The normalized spacial score (nSPS) is 15.5. The van der Waals surface area contributed by atoms with Crippen molar-refractivity contribution in [2.45, 2.75) is 39.5 Å². The fraction of sp³-hybridized carbons (Fsp3) is 0.722. The van der Waals surface area contributed by atoms with Crippen LogP contribution in [0.25, 0.3) is 0 Å². The molecule has 1 N–H and O–H groups in total. The molecule has 1 saturated heterocycles. The number of piperidine rings is 1. The zero-order valence-electron chi connectivity index (χ0n) is 16.1. The van der Waals surface area contributed by atoms with E-state index in [1.807, 2.05) is 24.9 Å². The van der Waals surface area contributed by atoms with Crippen LogP contribution in [0.2, 0.25) is 0 Å². The Bertz CT molecular complexity index is 568. The summed E-state index contributed by atoms with van der Waals surface area (Å²) in [5.41, 5.74) is 1.25. The smallest absolute Gasteiger partial charge is 0.309 e. The second kappa shape index (κ2) is 12.1. The summed E-state index contributed by atoms with van der Waals surface area (Å²) in [5, 5.41) is 7.56. The van der Waals surface area contributed by atoms with Crippen molar-refractivity contribution >= 4 is 35.9 Å². The van der Waals surface area contributed by atoms with E-state index >= 15 is 0 Å². The second-order valence-electron chi connectivity index (χ2n) is 6.37. The van der Waals surface area contributed by atoms with Gasteiger partial charge in [-0.3, -0.25) is 14.5 Å². The largest absolute Gasteiger partial charge is 0.466 e. The first-order valence-corrected chi connectivity index (χ1v) is 9.31. The van der Waals surface area contributed by atoms with E-state index < -0.39 is 0 Å². The van der Waals surface area contributed by atoms with E-state index in [1.165, 1.54) is 5.56 Å². The van der Waals surface area contributed by atoms with Gasteiger partial charge in [0.1, 0.15) is 0 Å². The average molecular weight is 477 g/mol. The van der Waals surface area contributed by atoms with Crippen molar-refractivity contribution in [2.75, 3.05) is 32.8 Å². The van der Waals surface area contributed by atoms with Crippen LogP contribution < -0.4 is 5.32 Å². The number of likely N-dealkylation sites (tertiary alicyclic amines) is 1. The lowest BCUT2D eigenvalue weighted by atomic mass is 9.97. The summed E-state index contributed by atoms with van der Waals surface area (Å²) < 4.78 is 6.97. The lowest BCUT2D eigenvalue weighted by molar-refractivity contribution is -0.149. The van der Waals surface area contributed by atoms with Gasteiger partial charge < -0.3 is 15.0 Å². The van der Waals surface area contributed by atoms with Crippen LogP contribution in [0.5, 0.6) is 0 Å². The minimum Gasteiger partial charge on any atom is -0.466 e. The molecule has 0 aromatic carbocycles. The van der Waals surface area contributed by atoms with Crippen molar-refractivity contribution < 1.29 is 9.53 Å². The highest BCUT2D eigenvalue weighted by Gasteiger charge is 2.27. The molecule has 0 amide bonds. The van der Waals surface area contributed by atoms with Crippen LogP contribution in [0.4, 0.5) is 0 Å². The molecule has 1 aliphatic heterocycles. The number of halogens is 1. The number of carbonyl (C=O) groups is 1. The van der Waals surface area contributed by atoms with Crippen molar-refractivity contribution in [2.24, 2.45) is 18.0 Å². The van der Waals surface area contributed by atoms with E-state index in [0.717, 1.165) is 57.8 Å². The number of esters is 1. The molecule has 0 radical (unpaired) electrons. The van der Waals surface area contributed by atoms with Gasteiger partial charge in [-0.2, -0.15) is 5.10 Å². The maximum Gasteiger partial charge on any atom is 0.309 e. The number of carbonyl (C=O) groups excluding carboxylic acids is 1. The van der Waals surface area contributed by atoms with Crippen molar-refractivity contribution in [1.29, 1.82) is 0 Å². The first-order chi connectivity index (χ1) is 12.1. The maximum atomic E-state index is 11.9. The summed E-state index contributed by atoms with van der Waals surface area (Å²) in [4.78, 5) is 18.9. The van der Waals surface area contributed by atoms with Crippen molar-refractivity contribution in [3.8, 4) is 0 Å². The van der Waals surface area contributed by atoms with Gasteiger partial charge in [0, 0.05) is 39.4 Å². The van der Waals surface area contributed by atoms with E-state index in [9.17, 15) is 4.79 Å². The summed E-state index contributed by atoms with van der Waals surface area (Å²) in [7, 11) is 1.94. The zero-order chi connectivity index (χ0) is 18.1. The van der Waals surface area contributed by atoms with Gasteiger partial charge >= 0.3 is 5.97 Å². The van der Waals surface area contributed by atoms with E-state index in [2.05, 4.69) is 28.4 Å². The van der Waals surface area contributed by atoms with Crippen LogP contribution in [0.15, 0.2) is 17.4 Å². The third-order valence-corrected chi connectivity index (χ3v) is 4.39. The number of nitrogens with zero attached hydrogens (tertiary/aromatic N) is 4. The van der Waals surface area contributed by atoms with E-state index in [-0.39, 0.29) is 35.9 Å². The molecule has 0 unspecified atom stereocenters. The average Bonchev–Trinajstić information content (AvgIpc) is 3.03. The van der Waals surface area contributed by atoms with Crippen LogP contribution in [-0.4, -0.2) is 59.4 Å². The quantitative estimate of drug-likeness (QED) is 0.215. The number of aryl methyl sites for hydroxylation is 2. The number of guanidine groups is 1. The number of hydrogen-bond acceptors (Lipinski definition) is 4. The Balaban J connectivity index is 0.00000338. The number of rotatable bonds is 7. The molecule has 0 bridgehead atoms. The Kier molecular flexibility index (Phi) is 10.6. The summed E-state index contributed by atoms with van der Waals surface area (Å²) in [5.74, 6) is 0.932. The van der Waals surface area contributed by atoms with Gasteiger partial charge in [0.15, 0.2) is 5.96 Å². The van der Waals surface area contributed by atoms with Gasteiger partial charge in [-0.1, -0.05) is 0 Å². The second-order valence-corrected chi connectivity index (χ2v) is 6.37. The molecule has 7 nitrogen and oxygen atoms in total. The molecule has 1 aromatic heterocycles. The van der Waals surface area contributed by atoms with Gasteiger partial charge in [0.2, 0.25) is 0 Å². The third-order valence-electron chi connectivity index (χ3n) is 4.39. The number of aliphatic imine (C=N–C) groups is 1. The van der Waals surface area contributed by atoms with E-state index in [4.69, 9.17) is 9.73 Å². The molecule has 1 aromatic rings. The Morgan fingerprint density at radius 2 is 2.12 bits per heavy atom. The molecule has 26 heavy (non-hydrogen) atoms. The van der Waals surface area contributed by atoms with Crippen LogP contribution in [0.1, 0.15) is 38.7 Å². The highest BCUT2D eigenvalue weighted by Crippen LogP contribution is 2.18. The Hall–Kier alpha value is -1.32. The van der Waals surface area contributed by atoms with E-state index in [0.29, 0.717) is 6.61 Å². The highest BCUT2D eigenvalue weighted by atomic mass is 127. The van der Waals surface area contributed by atoms with Crippen LogP contribution >= 0.6 is 24.0 Å². The minimum absolute atomic E-state index is 0. The Morgan fingerprint density at radius 1 is 1.38 bits per heavy atom. The van der Waals surface area contributed by atoms with Gasteiger partial charge in [-0.05, 0) is 45.1 Å². The van der Waals surface area contributed by atoms with Crippen LogP contribution in [-0.2, 0) is 23.0 Å². The fourth-order valence-corrected chi connectivity index (χ4v) is 3.08. The first kappa shape index (κ1) is 22.7. The number of nitrogens with one attached hydrogen (secondary N) is 1. The van der Waals surface area contributed by atoms with Gasteiger partial charge in [-0.15, -0.1) is 24.0 Å². The lowest BCUT2D eigenvalue weighted by Gasteiger charge is -2.33. The molecular formula is C18H32IN5O2. The summed E-state index contributed by atoms with van der Waals surface area (Å²) >= 11 is 0. The zero-order valence-corrected chi connectivity index (χ0v) is 18.4. The molecule has 1 aliphatic rings. The Morgan fingerprint density at radius 3 is 2.69 bits per heavy atom. The molecule has 2 heterocycles. The molecule has 2 rings (SSSR count). The molecular weight excluding hydrogens is 445 g/mol. The highest BCUT2D eigenvalue weighted by molar-refractivity contribution is 14.0. The summed E-state index contributed by atoms with van der Waals surface area (Å²) in [6.45, 7) is 7.72. The number of aromatic nitrogens is 2. The first-order valence-electron chi connectivity index (χ1n) is 9.31. The lowest BCUT2D eigenvalue weighted by Crippen LogP contribution is -2.46. The number of ether oxygens (including phenoxy) is 1. The Labute approximate surface area is 173 Å². The van der Waals surface area contributed by atoms with Crippen molar-refractivity contribution in [3.05, 3.63) is 18.0 Å². The van der Waals surface area contributed by atoms with E-state index in [1.54, 1.807) is 0 Å². The monoisotopic (exact) mass is 477 g/mol. The van der Waals surface area contributed by atoms with Crippen LogP contribution in [0, 0.1) is 5.92 Å².